The summed E-state index contributed by atoms with van der Waals surface area (Å²) in [6.45, 7) is 4.17. The van der Waals surface area contributed by atoms with Gasteiger partial charge in [-0.1, -0.05) is 0 Å². The van der Waals surface area contributed by atoms with Gasteiger partial charge in [-0.15, -0.1) is 0 Å². The molecule has 1 N–H and O–H groups in total. The normalized spacial score (nSPS) is 23.8. The summed E-state index contributed by atoms with van der Waals surface area (Å²) in [5, 5.41) is 3.17. The molecule has 1 saturated heterocycles. The quantitative estimate of drug-likeness (QED) is 0.640. The molecule has 1 aliphatic rings. The Balaban J connectivity index is 2.09. The van der Waals surface area contributed by atoms with E-state index < -0.39 is 0 Å². The van der Waals surface area contributed by atoms with E-state index >= 15 is 0 Å². The van der Waals surface area contributed by atoms with Crippen molar-refractivity contribution < 1.29 is 4.74 Å². The number of nitrogens with zero attached hydrogens (tertiary/aromatic N) is 1. The molecule has 0 aromatic rings. The fourth-order valence-electron chi connectivity index (χ4n) is 1.76. The zero-order valence-electron chi connectivity index (χ0n) is 8.88. The number of ether oxygens (including phenoxy) is 1. The van der Waals surface area contributed by atoms with Gasteiger partial charge in [-0.05, 0) is 46.4 Å². The molecule has 0 saturated carbocycles. The molecule has 1 atom stereocenters. The van der Waals surface area contributed by atoms with Crippen molar-refractivity contribution >= 4 is 0 Å². The first-order valence-corrected chi connectivity index (χ1v) is 5.27. The van der Waals surface area contributed by atoms with E-state index in [1.54, 1.807) is 0 Å². The van der Waals surface area contributed by atoms with Crippen LogP contribution in [-0.4, -0.2) is 51.3 Å². The molecule has 0 aliphatic carbocycles. The molecule has 1 unspecified atom stereocenters. The lowest BCUT2D eigenvalue weighted by Crippen LogP contribution is -2.39. The molecule has 1 heterocycles. The summed E-state index contributed by atoms with van der Waals surface area (Å²) >= 11 is 0. The first-order valence-electron chi connectivity index (χ1n) is 5.27. The summed E-state index contributed by atoms with van der Waals surface area (Å²) in [6.07, 6.45) is 3.75. The lowest BCUT2D eigenvalue weighted by atomic mass is 10.1. The van der Waals surface area contributed by atoms with Gasteiger partial charge < -0.3 is 15.0 Å². The molecule has 78 valence electrons. The van der Waals surface area contributed by atoms with Crippen molar-refractivity contribution in [2.45, 2.75) is 25.3 Å². The second-order valence-electron chi connectivity index (χ2n) is 3.81. The molecular weight excluding hydrogens is 164 g/mol. The molecule has 1 fully saturated rings. The second kappa shape index (κ2) is 6.35. The summed E-state index contributed by atoms with van der Waals surface area (Å²) < 4.78 is 5.45. The third-order valence-electron chi connectivity index (χ3n) is 2.70. The topological polar surface area (TPSA) is 24.5 Å². The Morgan fingerprint density at radius 1 is 1.54 bits per heavy atom. The SMILES string of the molecule is CNCCCN(C)C1CCCOC1. The predicted molar refractivity (Wildman–Crippen MR) is 55.0 cm³/mol. The number of likely N-dealkylation sites (N-methyl/N-ethyl adjacent to an activating group) is 1. The van der Waals surface area contributed by atoms with Crippen molar-refractivity contribution in [1.29, 1.82) is 0 Å². The van der Waals surface area contributed by atoms with Crippen LogP contribution < -0.4 is 5.32 Å². The highest BCUT2D eigenvalue weighted by atomic mass is 16.5. The van der Waals surface area contributed by atoms with E-state index in [1.807, 2.05) is 7.05 Å². The molecule has 0 radical (unpaired) electrons. The highest BCUT2D eigenvalue weighted by molar-refractivity contribution is 4.71. The number of nitrogens with one attached hydrogen (secondary N) is 1. The maximum absolute atomic E-state index is 5.45. The average molecular weight is 186 g/mol. The van der Waals surface area contributed by atoms with Crippen molar-refractivity contribution in [1.82, 2.24) is 10.2 Å². The second-order valence-corrected chi connectivity index (χ2v) is 3.81. The van der Waals surface area contributed by atoms with Gasteiger partial charge in [0.25, 0.3) is 0 Å². The van der Waals surface area contributed by atoms with Gasteiger partial charge in [0.05, 0.1) is 6.61 Å². The molecule has 0 amide bonds. The van der Waals surface area contributed by atoms with Gasteiger partial charge in [-0.3, -0.25) is 0 Å². The first-order chi connectivity index (χ1) is 6.34. The van der Waals surface area contributed by atoms with Crippen molar-refractivity contribution in [2.24, 2.45) is 0 Å². The van der Waals surface area contributed by atoms with Crippen LogP contribution in [0.15, 0.2) is 0 Å². The Hall–Kier alpha value is -0.120. The van der Waals surface area contributed by atoms with Crippen LogP contribution in [0.1, 0.15) is 19.3 Å². The van der Waals surface area contributed by atoms with Crippen LogP contribution in [0.4, 0.5) is 0 Å². The van der Waals surface area contributed by atoms with Gasteiger partial charge in [0, 0.05) is 12.6 Å². The summed E-state index contributed by atoms with van der Waals surface area (Å²) in [5.41, 5.74) is 0. The highest BCUT2D eigenvalue weighted by Gasteiger charge is 2.17. The Labute approximate surface area is 81.4 Å². The van der Waals surface area contributed by atoms with Crippen molar-refractivity contribution in [3.63, 3.8) is 0 Å². The average Bonchev–Trinajstić information content (AvgIpc) is 2.19. The van der Waals surface area contributed by atoms with Crippen LogP contribution in [-0.2, 0) is 4.74 Å². The van der Waals surface area contributed by atoms with E-state index in [9.17, 15) is 0 Å². The molecule has 3 nitrogen and oxygen atoms in total. The van der Waals surface area contributed by atoms with Crippen LogP contribution in [0.2, 0.25) is 0 Å². The van der Waals surface area contributed by atoms with E-state index in [1.165, 1.54) is 25.8 Å². The fourth-order valence-corrected chi connectivity index (χ4v) is 1.76. The Bertz CT molecular complexity index is 124. The number of hydrogen-bond donors (Lipinski definition) is 1. The minimum atomic E-state index is 0.658. The van der Waals surface area contributed by atoms with Crippen molar-refractivity contribution in [2.75, 3.05) is 40.4 Å². The molecule has 0 spiro atoms. The van der Waals surface area contributed by atoms with Crippen molar-refractivity contribution in [3.8, 4) is 0 Å². The number of rotatable bonds is 5. The zero-order valence-corrected chi connectivity index (χ0v) is 8.88. The molecule has 3 heteroatoms. The molecular formula is C10H22N2O. The molecule has 0 bridgehead atoms. The maximum atomic E-state index is 5.45. The van der Waals surface area contributed by atoms with E-state index in [0.717, 1.165) is 19.8 Å². The summed E-state index contributed by atoms with van der Waals surface area (Å²) in [4.78, 5) is 2.43. The van der Waals surface area contributed by atoms with Crippen LogP contribution in [0.5, 0.6) is 0 Å². The fraction of sp³-hybridized carbons (Fsp3) is 1.00. The van der Waals surface area contributed by atoms with E-state index in [0.29, 0.717) is 6.04 Å². The molecule has 1 aliphatic heterocycles. The minimum absolute atomic E-state index is 0.658. The van der Waals surface area contributed by atoms with E-state index in [4.69, 9.17) is 4.74 Å². The smallest absolute Gasteiger partial charge is 0.0621 e. The summed E-state index contributed by atoms with van der Waals surface area (Å²) in [5.74, 6) is 0. The monoisotopic (exact) mass is 186 g/mol. The molecule has 0 aromatic heterocycles. The van der Waals surface area contributed by atoms with E-state index in [-0.39, 0.29) is 0 Å². The van der Waals surface area contributed by atoms with Crippen LogP contribution in [0.3, 0.4) is 0 Å². The van der Waals surface area contributed by atoms with Gasteiger partial charge in [0.1, 0.15) is 0 Å². The van der Waals surface area contributed by atoms with Crippen molar-refractivity contribution in [3.05, 3.63) is 0 Å². The lowest BCUT2D eigenvalue weighted by Gasteiger charge is -2.30. The highest BCUT2D eigenvalue weighted by Crippen LogP contribution is 2.11. The van der Waals surface area contributed by atoms with Gasteiger partial charge >= 0.3 is 0 Å². The van der Waals surface area contributed by atoms with Gasteiger partial charge in [0.15, 0.2) is 0 Å². The zero-order chi connectivity index (χ0) is 9.52. The maximum Gasteiger partial charge on any atom is 0.0621 e. The van der Waals surface area contributed by atoms with Gasteiger partial charge in [0.2, 0.25) is 0 Å². The summed E-state index contributed by atoms with van der Waals surface area (Å²) in [7, 11) is 4.21. The number of hydrogen-bond acceptors (Lipinski definition) is 3. The largest absolute Gasteiger partial charge is 0.380 e. The minimum Gasteiger partial charge on any atom is -0.380 e. The van der Waals surface area contributed by atoms with Gasteiger partial charge in [-0.25, -0.2) is 0 Å². The molecule has 13 heavy (non-hydrogen) atoms. The van der Waals surface area contributed by atoms with Gasteiger partial charge in [-0.2, -0.15) is 0 Å². The van der Waals surface area contributed by atoms with Crippen LogP contribution in [0, 0.1) is 0 Å². The standard InChI is InChI=1S/C10H22N2O/c1-11-6-4-7-12(2)10-5-3-8-13-9-10/h10-11H,3-9H2,1-2H3. The van der Waals surface area contributed by atoms with Crippen LogP contribution in [0.25, 0.3) is 0 Å². The van der Waals surface area contributed by atoms with Crippen LogP contribution >= 0.6 is 0 Å². The molecule has 1 rings (SSSR count). The Kier molecular flexibility index (Phi) is 5.35. The predicted octanol–water partition coefficient (Wildman–Crippen LogP) is 0.707. The lowest BCUT2D eigenvalue weighted by molar-refractivity contribution is 0.0274. The third-order valence-corrected chi connectivity index (χ3v) is 2.70. The first kappa shape index (κ1) is 11.0. The molecule has 0 aromatic carbocycles. The summed E-state index contributed by atoms with van der Waals surface area (Å²) in [6, 6.07) is 0.658. The Morgan fingerprint density at radius 3 is 3.00 bits per heavy atom. The Morgan fingerprint density at radius 2 is 2.38 bits per heavy atom. The van der Waals surface area contributed by atoms with E-state index in [2.05, 4.69) is 17.3 Å². The third kappa shape index (κ3) is 4.07.